The molecule has 9 nitrogen and oxygen atoms in total. The second kappa shape index (κ2) is 13.6. The summed E-state index contributed by atoms with van der Waals surface area (Å²) in [7, 11) is 3.31. The van der Waals surface area contributed by atoms with Gasteiger partial charge in [0.1, 0.15) is 5.82 Å². The Morgan fingerprint density at radius 2 is 1.79 bits per heavy atom. The molecule has 0 aliphatic carbocycles. The van der Waals surface area contributed by atoms with Crippen LogP contribution in [0.5, 0.6) is 0 Å². The van der Waals surface area contributed by atoms with Crippen molar-refractivity contribution in [3.63, 3.8) is 0 Å². The van der Waals surface area contributed by atoms with Crippen molar-refractivity contribution in [2.75, 3.05) is 57.2 Å². The van der Waals surface area contributed by atoms with Gasteiger partial charge < -0.3 is 25.2 Å². The lowest BCUT2D eigenvalue weighted by atomic mass is 9.89. The van der Waals surface area contributed by atoms with E-state index in [1.54, 1.807) is 31.1 Å². The highest BCUT2D eigenvalue weighted by molar-refractivity contribution is 6.04. The van der Waals surface area contributed by atoms with Crippen LogP contribution in [0, 0.1) is 0 Å². The molecule has 4 aromatic rings. The van der Waals surface area contributed by atoms with Crippen LogP contribution in [0.2, 0.25) is 0 Å². The maximum atomic E-state index is 13.2. The van der Waals surface area contributed by atoms with Crippen LogP contribution in [-0.4, -0.2) is 73.3 Å². The van der Waals surface area contributed by atoms with Gasteiger partial charge in [0, 0.05) is 68.1 Å². The van der Waals surface area contributed by atoms with Gasteiger partial charge in [0.15, 0.2) is 0 Å². The summed E-state index contributed by atoms with van der Waals surface area (Å²) in [5.41, 5.74) is 4.61. The van der Waals surface area contributed by atoms with Gasteiger partial charge in [-0.2, -0.15) is 0 Å². The predicted molar refractivity (Wildman–Crippen MR) is 168 cm³/mol. The average molecular weight is 569 g/mol. The van der Waals surface area contributed by atoms with E-state index in [2.05, 4.69) is 50.5 Å². The number of benzene rings is 2. The summed E-state index contributed by atoms with van der Waals surface area (Å²) in [5, 5.41) is 6.60. The van der Waals surface area contributed by atoms with Crippen molar-refractivity contribution in [2.45, 2.75) is 32.1 Å². The molecule has 42 heavy (non-hydrogen) atoms. The molecule has 0 saturated carbocycles. The summed E-state index contributed by atoms with van der Waals surface area (Å²) in [6, 6.07) is 19.6. The highest BCUT2D eigenvalue weighted by Crippen LogP contribution is 2.31. The second-order valence-corrected chi connectivity index (χ2v) is 10.7. The molecule has 0 radical (unpaired) electrons. The number of methoxy groups -OCH3 is 1. The van der Waals surface area contributed by atoms with Crippen molar-refractivity contribution in [2.24, 2.45) is 0 Å². The van der Waals surface area contributed by atoms with Crippen molar-refractivity contribution in [1.82, 2.24) is 19.8 Å². The zero-order valence-corrected chi connectivity index (χ0v) is 24.7. The first kappa shape index (κ1) is 29.3. The van der Waals surface area contributed by atoms with E-state index in [0.717, 1.165) is 61.2 Å². The zero-order valence-electron chi connectivity index (χ0n) is 24.7. The van der Waals surface area contributed by atoms with E-state index in [1.165, 1.54) is 5.56 Å². The SMILES string of the molecule is CCN1CCC(c2ccc(C(=O)Nc3cc(N(CCCOC)c4ccc5c(ccn5C(=O)NC)c4)ccn3)cc2)CC1. The molecule has 0 atom stereocenters. The molecule has 2 N–H and O–H groups in total. The maximum absolute atomic E-state index is 13.2. The summed E-state index contributed by atoms with van der Waals surface area (Å²) in [5.74, 6) is 0.848. The van der Waals surface area contributed by atoms with Crippen LogP contribution in [0.25, 0.3) is 10.9 Å². The molecule has 2 amide bonds. The van der Waals surface area contributed by atoms with Crippen LogP contribution in [0.4, 0.5) is 22.0 Å². The molecule has 1 aliphatic rings. The van der Waals surface area contributed by atoms with Gasteiger partial charge in [-0.25, -0.2) is 9.78 Å². The number of nitrogens with one attached hydrogen (secondary N) is 2. The molecular formula is C33H40N6O3. The third-order valence-corrected chi connectivity index (χ3v) is 8.12. The van der Waals surface area contributed by atoms with E-state index in [1.807, 2.05) is 42.5 Å². The smallest absolute Gasteiger partial charge is 0.325 e. The van der Waals surface area contributed by atoms with Gasteiger partial charge in [0.25, 0.3) is 5.91 Å². The first-order valence-electron chi connectivity index (χ1n) is 14.7. The minimum absolute atomic E-state index is 0.184. The van der Waals surface area contributed by atoms with Gasteiger partial charge in [-0.1, -0.05) is 19.1 Å². The van der Waals surface area contributed by atoms with E-state index in [0.29, 0.717) is 30.5 Å². The van der Waals surface area contributed by atoms with Gasteiger partial charge in [-0.3, -0.25) is 9.36 Å². The quantitative estimate of drug-likeness (QED) is 0.233. The fourth-order valence-electron chi connectivity index (χ4n) is 5.70. The summed E-state index contributed by atoms with van der Waals surface area (Å²) in [6.07, 6.45) is 6.60. The topological polar surface area (TPSA) is 91.7 Å². The number of fused-ring (bicyclic) bond motifs is 1. The fraction of sp³-hybridized carbons (Fsp3) is 0.364. The van der Waals surface area contributed by atoms with Gasteiger partial charge in [-0.15, -0.1) is 0 Å². The van der Waals surface area contributed by atoms with E-state index in [-0.39, 0.29) is 11.9 Å². The Bertz CT molecular complexity index is 1510. The van der Waals surface area contributed by atoms with Crippen LogP contribution in [0.15, 0.2) is 73.1 Å². The largest absolute Gasteiger partial charge is 0.385 e. The molecule has 1 saturated heterocycles. The third kappa shape index (κ3) is 6.64. The predicted octanol–water partition coefficient (Wildman–Crippen LogP) is 5.85. The monoisotopic (exact) mass is 568 g/mol. The van der Waals surface area contributed by atoms with Crippen LogP contribution in [0.3, 0.4) is 0 Å². The first-order chi connectivity index (χ1) is 20.5. The van der Waals surface area contributed by atoms with E-state index < -0.39 is 0 Å². The number of amides is 2. The van der Waals surface area contributed by atoms with Gasteiger partial charge in [0.2, 0.25) is 0 Å². The first-order valence-corrected chi connectivity index (χ1v) is 14.7. The fourth-order valence-corrected chi connectivity index (χ4v) is 5.70. The Balaban J connectivity index is 1.32. The Labute approximate surface area is 247 Å². The normalized spacial score (nSPS) is 14.2. The molecule has 220 valence electrons. The van der Waals surface area contributed by atoms with Gasteiger partial charge >= 0.3 is 6.03 Å². The molecule has 0 spiro atoms. The van der Waals surface area contributed by atoms with Gasteiger partial charge in [0.05, 0.1) is 5.52 Å². The highest BCUT2D eigenvalue weighted by atomic mass is 16.5. The molecule has 0 unspecified atom stereocenters. The highest BCUT2D eigenvalue weighted by Gasteiger charge is 2.20. The standard InChI is InChI=1S/C33H40N6O3/c1-4-37-18-13-25(14-19-37)24-6-8-26(9-7-24)32(40)36-31-23-29(12-16-35-31)38(17-5-21-42-3)28-10-11-30-27(22-28)15-20-39(30)33(41)34-2/h6-12,15-16,20,22-23,25H,4-5,13-14,17-19,21H2,1-3H3,(H,34,41)(H,35,36,40). The van der Waals surface area contributed by atoms with Crippen molar-refractivity contribution in [3.05, 3.63) is 84.2 Å². The minimum atomic E-state index is -0.185. The van der Waals surface area contributed by atoms with E-state index in [9.17, 15) is 9.59 Å². The molecule has 0 bridgehead atoms. The zero-order chi connectivity index (χ0) is 29.5. The molecule has 1 fully saturated rings. The minimum Gasteiger partial charge on any atom is -0.385 e. The Hall–Kier alpha value is -4.21. The Morgan fingerprint density at radius 1 is 1.02 bits per heavy atom. The maximum Gasteiger partial charge on any atom is 0.325 e. The number of hydrogen-bond acceptors (Lipinski definition) is 6. The number of anilines is 3. The number of carbonyl (C=O) groups excluding carboxylic acids is 2. The number of carbonyl (C=O) groups is 2. The Kier molecular flexibility index (Phi) is 9.51. The Morgan fingerprint density at radius 3 is 2.50 bits per heavy atom. The summed E-state index contributed by atoms with van der Waals surface area (Å²) in [6.45, 7) is 6.90. The number of likely N-dealkylation sites (tertiary alicyclic amines) is 1. The molecule has 2 aromatic heterocycles. The number of aromatic nitrogens is 2. The number of piperidine rings is 1. The summed E-state index contributed by atoms with van der Waals surface area (Å²) in [4.78, 5) is 34.5. The van der Waals surface area contributed by atoms with Crippen molar-refractivity contribution >= 4 is 40.0 Å². The van der Waals surface area contributed by atoms with Crippen LogP contribution >= 0.6 is 0 Å². The lowest BCUT2D eigenvalue weighted by molar-refractivity contribution is 0.102. The number of hydrogen-bond donors (Lipinski definition) is 2. The molecule has 5 rings (SSSR count). The molecule has 3 heterocycles. The van der Waals surface area contributed by atoms with E-state index >= 15 is 0 Å². The van der Waals surface area contributed by atoms with Crippen LogP contribution in [0.1, 0.15) is 48.0 Å². The van der Waals surface area contributed by atoms with Gasteiger partial charge in [-0.05, 0) is 92.8 Å². The number of rotatable bonds is 10. The number of pyridine rings is 1. The average Bonchev–Trinajstić information content (AvgIpc) is 3.46. The molecule has 2 aromatic carbocycles. The molecule has 1 aliphatic heterocycles. The van der Waals surface area contributed by atoms with E-state index in [4.69, 9.17) is 4.74 Å². The van der Waals surface area contributed by atoms with Crippen molar-refractivity contribution in [3.8, 4) is 0 Å². The lowest BCUT2D eigenvalue weighted by Crippen LogP contribution is -2.32. The second-order valence-electron chi connectivity index (χ2n) is 10.7. The number of ether oxygens (including phenoxy) is 1. The van der Waals surface area contributed by atoms with Crippen molar-refractivity contribution in [1.29, 1.82) is 0 Å². The molecule has 9 heteroatoms. The third-order valence-electron chi connectivity index (χ3n) is 8.12. The molecular weight excluding hydrogens is 528 g/mol. The summed E-state index contributed by atoms with van der Waals surface area (Å²) >= 11 is 0. The summed E-state index contributed by atoms with van der Waals surface area (Å²) < 4.78 is 6.91. The van der Waals surface area contributed by atoms with Crippen molar-refractivity contribution < 1.29 is 14.3 Å². The number of nitrogens with zero attached hydrogens (tertiary/aromatic N) is 4. The van der Waals surface area contributed by atoms with Crippen LogP contribution in [-0.2, 0) is 4.74 Å². The van der Waals surface area contributed by atoms with Crippen LogP contribution < -0.4 is 15.5 Å². The lowest BCUT2D eigenvalue weighted by Gasteiger charge is -2.31.